The van der Waals surface area contributed by atoms with E-state index in [1.54, 1.807) is 10.6 Å². The van der Waals surface area contributed by atoms with Crippen LogP contribution < -0.4 is 10.1 Å². The summed E-state index contributed by atoms with van der Waals surface area (Å²) in [6.07, 6.45) is 2.55. The largest absolute Gasteiger partial charge is 0.573 e. The summed E-state index contributed by atoms with van der Waals surface area (Å²) in [5.74, 6) is -0.852. The highest BCUT2D eigenvalue weighted by Gasteiger charge is 2.39. The van der Waals surface area contributed by atoms with E-state index in [0.717, 1.165) is 36.8 Å². The Bertz CT molecular complexity index is 1570. The fourth-order valence-electron chi connectivity index (χ4n) is 5.62. The van der Waals surface area contributed by atoms with Gasteiger partial charge in [0.05, 0.1) is 5.41 Å². The van der Waals surface area contributed by atoms with Crippen molar-refractivity contribution < 1.29 is 32.6 Å². The molecule has 42 heavy (non-hydrogen) atoms. The van der Waals surface area contributed by atoms with Crippen LogP contribution >= 0.6 is 0 Å². The summed E-state index contributed by atoms with van der Waals surface area (Å²) in [5.41, 5.74) is 3.99. The molecule has 4 aromatic rings. The fourth-order valence-corrected chi connectivity index (χ4v) is 5.62. The molecule has 0 spiro atoms. The standard InChI is InChI=1S/C32H32F3N3O4/c1-31(2,30(40)41)25-12-9-22(10-13-25)21-5-7-23(8-6-21)24-11-16-28-37-27(19-38(28)18-24)29(39)36-17-20-3-14-26(15-4-20)42-32(33,34)35/h3-8,11,14-16,18-19,22,25H,9-10,12-13,17H2,1-2H3,(H,36,39)(H,40,41). The van der Waals surface area contributed by atoms with Crippen molar-refractivity contribution in [1.29, 1.82) is 0 Å². The Labute approximate surface area is 241 Å². The molecule has 0 bridgehead atoms. The molecule has 1 amide bonds. The maximum Gasteiger partial charge on any atom is 0.573 e. The lowest BCUT2D eigenvalue weighted by Gasteiger charge is -2.36. The molecule has 7 nitrogen and oxygen atoms in total. The van der Waals surface area contributed by atoms with Gasteiger partial charge in [-0.2, -0.15) is 0 Å². The molecule has 0 atom stereocenters. The summed E-state index contributed by atoms with van der Waals surface area (Å²) in [5, 5.41) is 12.3. The zero-order valence-electron chi connectivity index (χ0n) is 23.3. The number of fused-ring (bicyclic) bond motifs is 1. The maximum absolute atomic E-state index is 12.7. The van der Waals surface area contributed by atoms with Crippen LogP contribution in [0.25, 0.3) is 16.8 Å². The number of imidazole rings is 1. The average Bonchev–Trinajstić information content (AvgIpc) is 3.40. The number of ether oxygens (including phenoxy) is 1. The van der Waals surface area contributed by atoms with Gasteiger partial charge in [0, 0.05) is 18.9 Å². The van der Waals surface area contributed by atoms with E-state index in [2.05, 4.69) is 39.3 Å². The highest BCUT2D eigenvalue weighted by Crippen LogP contribution is 2.43. The van der Waals surface area contributed by atoms with Crippen LogP contribution in [0.4, 0.5) is 13.2 Å². The average molecular weight is 580 g/mol. The number of nitrogens with zero attached hydrogens (tertiary/aromatic N) is 2. The minimum atomic E-state index is -4.76. The number of carbonyl (C=O) groups is 2. The number of carboxylic acid groups (broad SMARTS) is 1. The van der Waals surface area contributed by atoms with Gasteiger partial charge in [0.15, 0.2) is 0 Å². The Hall–Kier alpha value is -4.34. The number of alkyl halides is 3. The van der Waals surface area contributed by atoms with Gasteiger partial charge >= 0.3 is 12.3 Å². The Balaban J connectivity index is 1.20. The van der Waals surface area contributed by atoms with E-state index in [-0.39, 0.29) is 23.9 Å². The lowest BCUT2D eigenvalue weighted by molar-refractivity contribution is -0.274. The normalized spacial score (nSPS) is 17.6. The van der Waals surface area contributed by atoms with Crippen LogP contribution in [0.1, 0.15) is 67.1 Å². The molecular weight excluding hydrogens is 547 g/mol. The molecule has 5 rings (SSSR count). The molecule has 220 valence electrons. The number of benzene rings is 2. The van der Waals surface area contributed by atoms with E-state index >= 15 is 0 Å². The predicted octanol–water partition coefficient (Wildman–Crippen LogP) is 7.21. The maximum atomic E-state index is 12.7. The van der Waals surface area contributed by atoms with Crippen molar-refractivity contribution in [2.24, 2.45) is 11.3 Å². The molecule has 0 radical (unpaired) electrons. The van der Waals surface area contributed by atoms with Crippen LogP contribution in [0.3, 0.4) is 0 Å². The topological polar surface area (TPSA) is 92.9 Å². The number of hydrogen-bond donors (Lipinski definition) is 2. The number of aliphatic carboxylic acids is 1. The van der Waals surface area contributed by atoms with Crippen LogP contribution in [0, 0.1) is 11.3 Å². The summed E-state index contributed by atoms with van der Waals surface area (Å²) in [6, 6.07) is 17.5. The number of carbonyl (C=O) groups excluding carboxylic acids is 1. The van der Waals surface area contributed by atoms with Gasteiger partial charge in [0.2, 0.25) is 0 Å². The Morgan fingerprint density at radius 2 is 1.57 bits per heavy atom. The number of amides is 1. The van der Waals surface area contributed by atoms with Gasteiger partial charge in [0.25, 0.3) is 5.91 Å². The summed E-state index contributed by atoms with van der Waals surface area (Å²) in [4.78, 5) is 28.7. The third-order valence-electron chi connectivity index (χ3n) is 8.31. The fraction of sp³-hybridized carbons (Fsp3) is 0.344. The van der Waals surface area contributed by atoms with Crippen LogP contribution in [0.5, 0.6) is 5.75 Å². The smallest absolute Gasteiger partial charge is 0.481 e. The van der Waals surface area contributed by atoms with Crippen molar-refractivity contribution in [3.05, 3.63) is 89.9 Å². The molecular formula is C32H32F3N3O4. The molecule has 1 aliphatic rings. The van der Waals surface area contributed by atoms with Crippen molar-refractivity contribution in [2.45, 2.75) is 58.4 Å². The van der Waals surface area contributed by atoms with Crippen molar-refractivity contribution in [2.75, 3.05) is 0 Å². The molecule has 2 heterocycles. The van der Waals surface area contributed by atoms with E-state index in [4.69, 9.17) is 0 Å². The van der Waals surface area contributed by atoms with E-state index in [9.17, 15) is 27.9 Å². The van der Waals surface area contributed by atoms with E-state index in [1.165, 1.54) is 29.8 Å². The number of hydrogen-bond acceptors (Lipinski definition) is 4. The first-order valence-corrected chi connectivity index (χ1v) is 13.8. The monoisotopic (exact) mass is 579 g/mol. The second-order valence-electron chi connectivity index (χ2n) is 11.4. The first-order chi connectivity index (χ1) is 19.9. The third kappa shape index (κ3) is 6.58. The molecule has 1 aliphatic carbocycles. The first kappa shape index (κ1) is 29.2. The molecule has 1 saturated carbocycles. The van der Waals surface area contributed by atoms with Gasteiger partial charge in [-0.25, -0.2) is 4.98 Å². The molecule has 2 aromatic heterocycles. The van der Waals surface area contributed by atoms with Crippen molar-refractivity contribution in [3.63, 3.8) is 0 Å². The summed E-state index contributed by atoms with van der Waals surface area (Å²) < 4.78 is 42.7. The van der Waals surface area contributed by atoms with Crippen molar-refractivity contribution in [3.8, 4) is 16.9 Å². The van der Waals surface area contributed by atoms with Crippen LogP contribution in [-0.4, -0.2) is 32.7 Å². The Morgan fingerprint density at radius 3 is 2.19 bits per heavy atom. The highest BCUT2D eigenvalue weighted by molar-refractivity contribution is 5.92. The lowest BCUT2D eigenvalue weighted by Crippen LogP contribution is -2.35. The van der Waals surface area contributed by atoms with Gasteiger partial charge in [-0.05, 0) is 97.9 Å². The molecule has 0 aliphatic heterocycles. The summed E-state index contributed by atoms with van der Waals surface area (Å²) in [7, 11) is 0. The number of rotatable bonds is 8. The van der Waals surface area contributed by atoms with Gasteiger partial charge in [-0.1, -0.05) is 36.4 Å². The second-order valence-corrected chi connectivity index (χ2v) is 11.4. The number of nitrogens with one attached hydrogen (secondary N) is 1. The van der Waals surface area contributed by atoms with E-state index in [0.29, 0.717) is 17.1 Å². The van der Waals surface area contributed by atoms with Crippen LogP contribution in [0.15, 0.2) is 73.1 Å². The number of pyridine rings is 1. The Morgan fingerprint density at radius 1 is 0.929 bits per heavy atom. The van der Waals surface area contributed by atoms with Crippen LogP contribution in [0.2, 0.25) is 0 Å². The minimum Gasteiger partial charge on any atom is -0.481 e. The SMILES string of the molecule is CC(C)(C(=O)O)C1CCC(c2ccc(-c3ccc4nc(C(=O)NCc5ccc(OC(F)(F)F)cc5)cn4c3)cc2)CC1. The molecule has 2 aromatic carbocycles. The van der Waals surface area contributed by atoms with Crippen LogP contribution in [-0.2, 0) is 11.3 Å². The zero-order chi connectivity index (χ0) is 30.1. The molecule has 10 heteroatoms. The summed E-state index contributed by atoms with van der Waals surface area (Å²) >= 11 is 0. The quantitative estimate of drug-likeness (QED) is 0.230. The van der Waals surface area contributed by atoms with Gasteiger partial charge in [0.1, 0.15) is 17.1 Å². The number of carboxylic acids is 1. The Kier molecular flexibility index (Phi) is 7.99. The number of aromatic nitrogens is 2. The van der Waals surface area contributed by atoms with Crippen molar-refractivity contribution >= 4 is 17.5 Å². The van der Waals surface area contributed by atoms with Crippen molar-refractivity contribution in [1.82, 2.24) is 14.7 Å². The van der Waals surface area contributed by atoms with Gasteiger partial charge in [-0.15, -0.1) is 13.2 Å². The molecule has 2 N–H and O–H groups in total. The summed E-state index contributed by atoms with van der Waals surface area (Å²) in [6.45, 7) is 3.77. The predicted molar refractivity (Wildman–Crippen MR) is 151 cm³/mol. The minimum absolute atomic E-state index is 0.121. The lowest BCUT2D eigenvalue weighted by atomic mass is 9.68. The van der Waals surface area contributed by atoms with E-state index in [1.807, 2.05) is 32.2 Å². The highest BCUT2D eigenvalue weighted by atomic mass is 19.4. The molecule has 0 unspecified atom stereocenters. The zero-order valence-corrected chi connectivity index (χ0v) is 23.3. The number of halogens is 3. The molecule has 1 fully saturated rings. The third-order valence-corrected chi connectivity index (χ3v) is 8.31. The van der Waals surface area contributed by atoms with E-state index < -0.39 is 23.7 Å². The van der Waals surface area contributed by atoms with Gasteiger partial charge < -0.3 is 19.6 Å². The first-order valence-electron chi connectivity index (χ1n) is 13.8. The van der Waals surface area contributed by atoms with Gasteiger partial charge in [-0.3, -0.25) is 9.59 Å². The second kappa shape index (κ2) is 11.5. The molecule has 0 saturated heterocycles.